The molecule has 16 heavy (non-hydrogen) atoms. The number of hydrogen-bond acceptors (Lipinski definition) is 1. The van der Waals surface area contributed by atoms with Gasteiger partial charge in [0.2, 0.25) is 0 Å². The molecular formula is C14H13BrN. The summed E-state index contributed by atoms with van der Waals surface area (Å²) < 4.78 is 1.13. The number of nitrogens with one attached hydrogen (secondary N) is 1. The van der Waals surface area contributed by atoms with Crippen LogP contribution in [0.15, 0.2) is 53.0 Å². The molecule has 2 aromatic carbocycles. The highest BCUT2D eigenvalue weighted by atomic mass is 79.9. The summed E-state index contributed by atoms with van der Waals surface area (Å²) in [5.41, 5.74) is 2.49. The second-order valence-corrected chi connectivity index (χ2v) is 4.51. The summed E-state index contributed by atoms with van der Waals surface area (Å²) in [5.74, 6) is 0. The number of rotatable bonds is 4. The van der Waals surface area contributed by atoms with Crippen molar-refractivity contribution in [3.8, 4) is 0 Å². The maximum absolute atomic E-state index is 3.43. The van der Waals surface area contributed by atoms with Crippen molar-refractivity contribution in [2.24, 2.45) is 0 Å². The molecular weight excluding hydrogens is 262 g/mol. The Morgan fingerprint density at radius 3 is 2.38 bits per heavy atom. The molecule has 81 valence electrons. The van der Waals surface area contributed by atoms with E-state index < -0.39 is 0 Å². The molecule has 0 saturated carbocycles. The van der Waals surface area contributed by atoms with Crippen molar-refractivity contribution in [3.63, 3.8) is 0 Å². The van der Waals surface area contributed by atoms with Crippen molar-refractivity contribution in [2.75, 3.05) is 11.9 Å². The fourth-order valence-corrected chi connectivity index (χ4v) is 1.77. The second-order valence-electron chi connectivity index (χ2n) is 3.59. The van der Waals surface area contributed by atoms with Gasteiger partial charge in [0, 0.05) is 16.7 Å². The van der Waals surface area contributed by atoms with Crippen LogP contribution in [0.4, 0.5) is 5.69 Å². The summed E-state index contributed by atoms with van der Waals surface area (Å²) in [6.07, 6.45) is 1.03. The minimum Gasteiger partial charge on any atom is -0.385 e. The van der Waals surface area contributed by atoms with Gasteiger partial charge in [-0.25, -0.2) is 0 Å². The molecule has 0 bridgehead atoms. The van der Waals surface area contributed by atoms with Crippen molar-refractivity contribution in [1.82, 2.24) is 0 Å². The zero-order valence-corrected chi connectivity index (χ0v) is 10.5. The molecule has 0 amide bonds. The SMILES string of the molecule is Brc1ccc(CCNc2cc[c]cc2)cc1. The average molecular weight is 275 g/mol. The van der Waals surface area contributed by atoms with E-state index in [1.807, 2.05) is 24.3 Å². The van der Waals surface area contributed by atoms with E-state index in [-0.39, 0.29) is 0 Å². The van der Waals surface area contributed by atoms with Crippen LogP contribution < -0.4 is 5.32 Å². The van der Waals surface area contributed by atoms with E-state index in [0.29, 0.717) is 0 Å². The second kappa shape index (κ2) is 5.71. The summed E-state index contributed by atoms with van der Waals surface area (Å²) in [5, 5.41) is 3.38. The third kappa shape index (κ3) is 3.38. The molecule has 0 heterocycles. The van der Waals surface area contributed by atoms with E-state index in [0.717, 1.165) is 23.1 Å². The molecule has 0 atom stereocenters. The Morgan fingerprint density at radius 1 is 1.00 bits per heavy atom. The van der Waals surface area contributed by atoms with Gasteiger partial charge in [0.25, 0.3) is 0 Å². The minimum absolute atomic E-state index is 0.950. The van der Waals surface area contributed by atoms with Crippen molar-refractivity contribution < 1.29 is 0 Å². The third-order valence-electron chi connectivity index (χ3n) is 2.37. The van der Waals surface area contributed by atoms with Crippen LogP contribution in [0.2, 0.25) is 0 Å². The lowest BCUT2D eigenvalue weighted by molar-refractivity contribution is 1.02. The van der Waals surface area contributed by atoms with Crippen molar-refractivity contribution in [1.29, 1.82) is 0 Å². The maximum atomic E-state index is 3.43. The molecule has 1 N–H and O–H groups in total. The van der Waals surface area contributed by atoms with Crippen LogP contribution in [0.5, 0.6) is 0 Å². The molecule has 0 aliphatic carbocycles. The number of hydrogen-bond donors (Lipinski definition) is 1. The lowest BCUT2D eigenvalue weighted by Gasteiger charge is -2.06. The third-order valence-corrected chi connectivity index (χ3v) is 2.90. The Hall–Kier alpha value is -1.28. The first kappa shape index (κ1) is 11.2. The molecule has 0 aliphatic heterocycles. The van der Waals surface area contributed by atoms with Crippen LogP contribution in [-0.2, 0) is 6.42 Å². The Morgan fingerprint density at radius 2 is 1.69 bits per heavy atom. The van der Waals surface area contributed by atoms with Crippen molar-refractivity contribution in [2.45, 2.75) is 6.42 Å². The highest BCUT2D eigenvalue weighted by Gasteiger charge is 1.93. The highest BCUT2D eigenvalue weighted by Crippen LogP contribution is 2.11. The van der Waals surface area contributed by atoms with Gasteiger partial charge in [-0.3, -0.25) is 0 Å². The quantitative estimate of drug-likeness (QED) is 0.892. The molecule has 0 spiro atoms. The number of benzene rings is 2. The first-order valence-corrected chi connectivity index (χ1v) is 6.08. The van der Waals surface area contributed by atoms with Crippen LogP contribution in [0.25, 0.3) is 0 Å². The highest BCUT2D eigenvalue weighted by molar-refractivity contribution is 9.10. The molecule has 2 rings (SSSR count). The molecule has 2 heteroatoms. The monoisotopic (exact) mass is 274 g/mol. The fourth-order valence-electron chi connectivity index (χ4n) is 1.51. The molecule has 0 fully saturated rings. The van der Waals surface area contributed by atoms with Gasteiger partial charge in [-0.15, -0.1) is 0 Å². The van der Waals surface area contributed by atoms with Gasteiger partial charge in [0.1, 0.15) is 0 Å². The van der Waals surface area contributed by atoms with Crippen LogP contribution in [-0.4, -0.2) is 6.54 Å². The van der Waals surface area contributed by atoms with Gasteiger partial charge in [0.15, 0.2) is 0 Å². The van der Waals surface area contributed by atoms with E-state index in [2.05, 4.69) is 51.6 Å². The van der Waals surface area contributed by atoms with Gasteiger partial charge in [-0.1, -0.05) is 40.2 Å². The predicted octanol–water partition coefficient (Wildman–Crippen LogP) is 3.90. The molecule has 1 nitrogen and oxygen atoms in total. The molecule has 2 aromatic rings. The maximum Gasteiger partial charge on any atom is 0.0340 e. The van der Waals surface area contributed by atoms with Crippen LogP contribution in [0.1, 0.15) is 5.56 Å². The number of anilines is 1. The van der Waals surface area contributed by atoms with Crippen molar-refractivity contribution in [3.05, 3.63) is 64.6 Å². The summed E-state index contributed by atoms with van der Waals surface area (Å²) in [6.45, 7) is 0.950. The first-order chi connectivity index (χ1) is 7.84. The van der Waals surface area contributed by atoms with Crippen LogP contribution in [0, 0.1) is 6.07 Å². The van der Waals surface area contributed by atoms with Gasteiger partial charge in [-0.05, 0) is 42.3 Å². The van der Waals surface area contributed by atoms with E-state index >= 15 is 0 Å². The molecule has 0 aliphatic rings. The van der Waals surface area contributed by atoms with E-state index in [1.165, 1.54) is 5.56 Å². The van der Waals surface area contributed by atoms with Gasteiger partial charge in [0.05, 0.1) is 0 Å². The molecule has 1 radical (unpaired) electrons. The minimum atomic E-state index is 0.950. The predicted molar refractivity (Wildman–Crippen MR) is 71.6 cm³/mol. The summed E-state index contributed by atoms with van der Waals surface area (Å²) in [7, 11) is 0. The smallest absolute Gasteiger partial charge is 0.0340 e. The van der Waals surface area contributed by atoms with Gasteiger partial charge < -0.3 is 5.32 Å². The van der Waals surface area contributed by atoms with E-state index in [1.54, 1.807) is 0 Å². The fraction of sp³-hybridized carbons (Fsp3) is 0.143. The lowest BCUT2D eigenvalue weighted by atomic mass is 10.1. The normalized spacial score (nSPS) is 10.1. The first-order valence-electron chi connectivity index (χ1n) is 5.29. The van der Waals surface area contributed by atoms with Crippen molar-refractivity contribution >= 4 is 21.6 Å². The number of halogens is 1. The summed E-state index contributed by atoms with van der Waals surface area (Å²) >= 11 is 3.43. The average Bonchev–Trinajstić information content (AvgIpc) is 2.33. The molecule has 0 aromatic heterocycles. The van der Waals surface area contributed by atoms with E-state index in [9.17, 15) is 0 Å². The van der Waals surface area contributed by atoms with Crippen LogP contribution in [0.3, 0.4) is 0 Å². The van der Waals surface area contributed by atoms with Crippen LogP contribution >= 0.6 is 15.9 Å². The summed E-state index contributed by atoms with van der Waals surface area (Å²) in [4.78, 5) is 0. The Bertz CT molecular complexity index is 422. The standard InChI is InChI=1S/C14H13BrN/c15-13-8-6-12(7-9-13)10-11-16-14-4-2-1-3-5-14/h2-9,16H,10-11H2. The van der Waals surface area contributed by atoms with Gasteiger partial charge in [-0.2, -0.15) is 0 Å². The summed E-state index contributed by atoms with van der Waals surface area (Å²) in [6, 6.07) is 19.3. The molecule has 0 unspecified atom stereocenters. The molecule has 0 saturated heterocycles. The Labute approximate surface area is 105 Å². The Balaban J connectivity index is 1.82. The zero-order chi connectivity index (χ0) is 11.2. The Kier molecular flexibility index (Phi) is 4.00. The zero-order valence-electron chi connectivity index (χ0n) is 8.91. The lowest BCUT2D eigenvalue weighted by Crippen LogP contribution is -2.04. The van der Waals surface area contributed by atoms with E-state index in [4.69, 9.17) is 0 Å². The largest absolute Gasteiger partial charge is 0.385 e. The van der Waals surface area contributed by atoms with Gasteiger partial charge >= 0.3 is 0 Å². The topological polar surface area (TPSA) is 12.0 Å².